The van der Waals surface area contributed by atoms with Crippen LogP contribution >= 0.6 is 11.6 Å². The summed E-state index contributed by atoms with van der Waals surface area (Å²) in [4.78, 5) is 12.6. The highest BCUT2D eigenvalue weighted by Gasteiger charge is 2.22. The van der Waals surface area contributed by atoms with E-state index in [1.165, 1.54) is 61.6 Å². The lowest BCUT2D eigenvalue weighted by atomic mass is 10.2. The molecule has 0 heterocycles. The van der Waals surface area contributed by atoms with Crippen LogP contribution < -0.4 is 9.62 Å². The van der Waals surface area contributed by atoms with Gasteiger partial charge in [0.1, 0.15) is 5.82 Å². The summed E-state index contributed by atoms with van der Waals surface area (Å²) in [7, 11) is -2.36. The molecule has 0 saturated carbocycles. The van der Waals surface area contributed by atoms with Gasteiger partial charge in [-0.2, -0.15) is 0 Å². The maximum absolute atomic E-state index is 13.0. The third-order valence-corrected chi connectivity index (χ3v) is 6.45. The van der Waals surface area contributed by atoms with Crippen molar-refractivity contribution in [3.63, 3.8) is 0 Å². The van der Waals surface area contributed by atoms with Crippen molar-refractivity contribution in [1.29, 1.82) is 0 Å². The van der Waals surface area contributed by atoms with Crippen molar-refractivity contribution >= 4 is 38.9 Å². The second kappa shape index (κ2) is 8.23. The van der Waals surface area contributed by atoms with Crippen molar-refractivity contribution < 1.29 is 17.6 Å². The number of nitrogens with zero attached hydrogens (tertiary/aromatic N) is 1. The Morgan fingerprint density at radius 2 is 1.62 bits per heavy atom. The summed E-state index contributed by atoms with van der Waals surface area (Å²) in [6.07, 6.45) is 0. The average molecular weight is 433 g/mol. The molecule has 0 radical (unpaired) electrons. The molecule has 3 aromatic rings. The number of sulfonamides is 1. The molecule has 5 nitrogen and oxygen atoms in total. The molecule has 150 valence electrons. The van der Waals surface area contributed by atoms with Gasteiger partial charge in [0.25, 0.3) is 15.9 Å². The van der Waals surface area contributed by atoms with E-state index in [1.807, 2.05) is 6.92 Å². The fourth-order valence-corrected chi connectivity index (χ4v) is 4.07. The van der Waals surface area contributed by atoms with Crippen molar-refractivity contribution in [3.05, 3.63) is 88.7 Å². The number of carbonyl (C=O) groups excluding carboxylic acids is 1. The van der Waals surface area contributed by atoms with Gasteiger partial charge in [-0.1, -0.05) is 29.3 Å². The molecule has 0 aliphatic rings. The molecule has 1 amide bonds. The van der Waals surface area contributed by atoms with Crippen LogP contribution in [0.15, 0.2) is 71.6 Å². The number of anilines is 2. The summed E-state index contributed by atoms with van der Waals surface area (Å²) >= 11 is 6.23. The van der Waals surface area contributed by atoms with Crippen LogP contribution in [0.2, 0.25) is 5.02 Å². The summed E-state index contributed by atoms with van der Waals surface area (Å²) in [5.74, 6) is -0.902. The highest BCUT2D eigenvalue weighted by atomic mass is 35.5. The van der Waals surface area contributed by atoms with E-state index < -0.39 is 21.7 Å². The Morgan fingerprint density at radius 3 is 2.21 bits per heavy atom. The molecule has 0 spiro atoms. The Balaban J connectivity index is 1.83. The summed E-state index contributed by atoms with van der Waals surface area (Å²) in [5, 5.41) is 2.71. The zero-order chi connectivity index (χ0) is 21.2. The van der Waals surface area contributed by atoms with E-state index in [9.17, 15) is 17.6 Å². The number of aryl methyl sites for hydroxylation is 1. The lowest BCUT2D eigenvalue weighted by molar-refractivity contribution is 0.102. The third-order valence-electron chi connectivity index (χ3n) is 4.34. The summed E-state index contributed by atoms with van der Waals surface area (Å²) in [5.41, 5.74) is 1.84. The van der Waals surface area contributed by atoms with Crippen molar-refractivity contribution in [3.8, 4) is 0 Å². The molecule has 0 bridgehead atoms. The Labute approximate surface area is 173 Å². The van der Waals surface area contributed by atoms with Gasteiger partial charge in [0.15, 0.2) is 0 Å². The van der Waals surface area contributed by atoms with E-state index in [1.54, 1.807) is 12.1 Å². The number of amides is 1. The number of rotatable bonds is 5. The van der Waals surface area contributed by atoms with Crippen LogP contribution in [0.1, 0.15) is 15.9 Å². The zero-order valence-electron chi connectivity index (χ0n) is 15.7. The second-order valence-electron chi connectivity index (χ2n) is 6.41. The van der Waals surface area contributed by atoms with Crippen LogP contribution in [0.3, 0.4) is 0 Å². The number of hydrogen-bond donors (Lipinski definition) is 1. The Kier molecular flexibility index (Phi) is 5.91. The first-order chi connectivity index (χ1) is 13.7. The summed E-state index contributed by atoms with van der Waals surface area (Å²) in [6.45, 7) is 1.87. The van der Waals surface area contributed by atoms with Gasteiger partial charge in [-0.25, -0.2) is 12.8 Å². The second-order valence-corrected chi connectivity index (χ2v) is 8.79. The maximum Gasteiger partial charge on any atom is 0.264 e. The maximum atomic E-state index is 13.0. The third kappa shape index (κ3) is 4.58. The minimum Gasteiger partial charge on any atom is -0.322 e. The number of nitrogens with one attached hydrogen (secondary N) is 1. The average Bonchev–Trinajstić information content (AvgIpc) is 2.69. The Bertz CT molecular complexity index is 1150. The molecule has 0 aliphatic heterocycles. The topological polar surface area (TPSA) is 66.5 Å². The van der Waals surface area contributed by atoms with E-state index >= 15 is 0 Å². The molecule has 29 heavy (non-hydrogen) atoms. The largest absolute Gasteiger partial charge is 0.322 e. The van der Waals surface area contributed by atoms with Crippen LogP contribution in [0, 0.1) is 12.7 Å². The number of benzene rings is 3. The van der Waals surface area contributed by atoms with Crippen molar-refractivity contribution in [1.82, 2.24) is 0 Å². The number of hydrogen-bond acceptors (Lipinski definition) is 3. The van der Waals surface area contributed by atoms with Crippen molar-refractivity contribution in [2.45, 2.75) is 11.8 Å². The SMILES string of the molecule is Cc1ccc(S(=O)(=O)N(C)c2ccc(C(=O)Nc3ccc(F)cc3)c(Cl)c2)cc1. The van der Waals surface area contributed by atoms with Gasteiger partial charge in [0.05, 0.1) is 21.2 Å². The molecule has 0 aliphatic carbocycles. The molecule has 3 aromatic carbocycles. The van der Waals surface area contributed by atoms with Crippen LogP contribution in [0.5, 0.6) is 0 Å². The number of carbonyl (C=O) groups is 1. The van der Waals surface area contributed by atoms with E-state index in [4.69, 9.17) is 11.6 Å². The fraction of sp³-hybridized carbons (Fsp3) is 0.0952. The van der Waals surface area contributed by atoms with Gasteiger partial charge in [0.2, 0.25) is 0 Å². The molecule has 8 heteroatoms. The molecular weight excluding hydrogens is 415 g/mol. The Morgan fingerprint density at radius 1 is 1.00 bits per heavy atom. The van der Waals surface area contributed by atoms with Gasteiger partial charge in [0, 0.05) is 12.7 Å². The standard InChI is InChI=1S/C21H18ClFN2O3S/c1-14-3-10-18(11-4-14)29(27,28)25(2)17-9-12-19(20(22)13-17)21(26)24-16-7-5-15(23)6-8-16/h3-13H,1-2H3,(H,24,26). The quantitative estimate of drug-likeness (QED) is 0.625. The van der Waals surface area contributed by atoms with Crippen LogP contribution in [0.4, 0.5) is 15.8 Å². The van der Waals surface area contributed by atoms with E-state index in [0.717, 1.165) is 9.87 Å². The van der Waals surface area contributed by atoms with Gasteiger partial charge in [-0.15, -0.1) is 0 Å². The highest BCUT2D eigenvalue weighted by Crippen LogP contribution is 2.28. The lowest BCUT2D eigenvalue weighted by Crippen LogP contribution is -2.26. The van der Waals surface area contributed by atoms with Gasteiger partial charge < -0.3 is 5.32 Å². The van der Waals surface area contributed by atoms with Crippen LogP contribution in [0.25, 0.3) is 0 Å². The summed E-state index contributed by atoms with van der Waals surface area (Å²) in [6, 6.07) is 16.2. The normalized spacial score (nSPS) is 11.2. The molecule has 0 atom stereocenters. The van der Waals surface area contributed by atoms with Crippen LogP contribution in [-0.4, -0.2) is 21.4 Å². The minimum absolute atomic E-state index is 0.0908. The van der Waals surface area contributed by atoms with Crippen molar-refractivity contribution in [2.24, 2.45) is 0 Å². The first-order valence-electron chi connectivity index (χ1n) is 8.60. The zero-order valence-corrected chi connectivity index (χ0v) is 17.3. The highest BCUT2D eigenvalue weighted by molar-refractivity contribution is 7.92. The number of halogens is 2. The fourth-order valence-electron chi connectivity index (χ4n) is 2.62. The van der Waals surface area contributed by atoms with Gasteiger partial charge in [-0.3, -0.25) is 9.10 Å². The molecule has 3 rings (SSSR count). The molecule has 0 fully saturated rings. The predicted octanol–water partition coefficient (Wildman–Crippen LogP) is 4.86. The first-order valence-corrected chi connectivity index (χ1v) is 10.4. The first kappa shape index (κ1) is 20.8. The lowest BCUT2D eigenvalue weighted by Gasteiger charge is -2.20. The molecule has 0 aromatic heterocycles. The monoisotopic (exact) mass is 432 g/mol. The van der Waals surface area contributed by atoms with Crippen LogP contribution in [-0.2, 0) is 10.0 Å². The van der Waals surface area contributed by atoms with Gasteiger partial charge >= 0.3 is 0 Å². The molecule has 1 N–H and O–H groups in total. The van der Waals surface area contributed by atoms with E-state index in [2.05, 4.69) is 5.32 Å². The molecule has 0 unspecified atom stereocenters. The van der Waals surface area contributed by atoms with E-state index in [-0.39, 0.29) is 15.5 Å². The smallest absolute Gasteiger partial charge is 0.264 e. The predicted molar refractivity (Wildman–Crippen MR) is 113 cm³/mol. The van der Waals surface area contributed by atoms with Gasteiger partial charge in [-0.05, 0) is 61.5 Å². The van der Waals surface area contributed by atoms with Crippen molar-refractivity contribution in [2.75, 3.05) is 16.7 Å². The summed E-state index contributed by atoms with van der Waals surface area (Å²) < 4.78 is 39.7. The molecular formula is C21H18ClFN2O3S. The van der Waals surface area contributed by atoms with E-state index in [0.29, 0.717) is 11.4 Å². The molecule has 0 saturated heterocycles. The minimum atomic E-state index is -3.77. The Hall–Kier alpha value is -2.90.